The highest BCUT2D eigenvalue weighted by Gasteiger charge is 2.44. The zero-order chi connectivity index (χ0) is 12.1. The van der Waals surface area contributed by atoms with Crippen molar-refractivity contribution in [2.45, 2.75) is 71.4 Å². The van der Waals surface area contributed by atoms with Crippen LogP contribution in [0.5, 0.6) is 0 Å². The Morgan fingerprint density at radius 3 is 1.67 bits per heavy atom. The number of rotatable bonds is 6. The van der Waals surface area contributed by atoms with Crippen LogP contribution >= 0.6 is 0 Å². The van der Waals surface area contributed by atoms with Gasteiger partial charge in [0.05, 0.1) is 5.54 Å². The van der Waals surface area contributed by atoms with Crippen LogP contribution < -0.4 is 11.1 Å². The van der Waals surface area contributed by atoms with E-state index in [0.717, 1.165) is 25.7 Å². The van der Waals surface area contributed by atoms with Gasteiger partial charge < -0.3 is 11.1 Å². The normalized spacial score (nSPS) is 12.7. The lowest BCUT2D eigenvalue weighted by Crippen LogP contribution is -2.67. The first-order valence-corrected chi connectivity index (χ1v) is 5.99. The van der Waals surface area contributed by atoms with Gasteiger partial charge in [-0.25, -0.2) is 0 Å². The van der Waals surface area contributed by atoms with Crippen LogP contribution in [0.15, 0.2) is 0 Å². The molecule has 3 N–H and O–H groups in total. The van der Waals surface area contributed by atoms with Crippen molar-refractivity contribution < 1.29 is 4.79 Å². The Labute approximate surface area is 93.8 Å². The minimum Gasteiger partial charge on any atom is -0.349 e. The summed E-state index contributed by atoms with van der Waals surface area (Å²) >= 11 is 0. The molecular formula is C12H26N2O. The van der Waals surface area contributed by atoms with Crippen LogP contribution in [0.2, 0.25) is 0 Å². The summed E-state index contributed by atoms with van der Waals surface area (Å²) in [5.74, 6) is 0.00965. The number of carbonyl (C=O) groups excluding carboxylic acids is 1. The lowest BCUT2D eigenvalue weighted by molar-refractivity contribution is -0.122. The highest BCUT2D eigenvalue weighted by Crippen LogP contribution is 2.32. The monoisotopic (exact) mass is 214 g/mol. The van der Waals surface area contributed by atoms with Gasteiger partial charge in [-0.1, -0.05) is 27.7 Å². The number of hydrogen-bond donors (Lipinski definition) is 2. The minimum atomic E-state index is -0.303. The first-order valence-electron chi connectivity index (χ1n) is 5.99. The molecule has 0 heterocycles. The standard InChI is InChI=1S/C12H26N2O/c1-6-11(13,7-2)12(8-3,9-4)14-10(5)15/h6-9,13H2,1-5H3,(H,14,15). The van der Waals surface area contributed by atoms with Crippen LogP contribution in [-0.2, 0) is 4.79 Å². The Morgan fingerprint density at radius 1 is 1.07 bits per heavy atom. The molecule has 15 heavy (non-hydrogen) atoms. The van der Waals surface area contributed by atoms with E-state index in [0.29, 0.717) is 0 Å². The Bertz CT molecular complexity index is 206. The predicted octanol–water partition coefficient (Wildman–Crippen LogP) is 2.20. The SMILES string of the molecule is CCC(N)(CC)C(CC)(CC)NC(C)=O. The van der Waals surface area contributed by atoms with Crippen molar-refractivity contribution in [2.24, 2.45) is 5.73 Å². The van der Waals surface area contributed by atoms with Gasteiger partial charge in [0.25, 0.3) is 0 Å². The second kappa shape index (κ2) is 5.50. The summed E-state index contributed by atoms with van der Waals surface area (Å²) in [6, 6.07) is 0. The van der Waals surface area contributed by atoms with Crippen molar-refractivity contribution in [1.82, 2.24) is 5.32 Å². The average molecular weight is 214 g/mol. The third-order valence-corrected chi connectivity index (χ3v) is 3.84. The summed E-state index contributed by atoms with van der Waals surface area (Å²) < 4.78 is 0. The molecule has 0 atom stereocenters. The zero-order valence-corrected chi connectivity index (χ0v) is 10.8. The van der Waals surface area contributed by atoms with E-state index < -0.39 is 0 Å². The van der Waals surface area contributed by atoms with Crippen LogP contribution in [-0.4, -0.2) is 17.0 Å². The van der Waals surface area contributed by atoms with E-state index in [1.165, 1.54) is 0 Å². The van der Waals surface area contributed by atoms with Crippen LogP contribution in [0.3, 0.4) is 0 Å². The Morgan fingerprint density at radius 2 is 1.47 bits per heavy atom. The molecule has 3 nitrogen and oxygen atoms in total. The van der Waals surface area contributed by atoms with Gasteiger partial charge in [0.2, 0.25) is 5.91 Å². The van der Waals surface area contributed by atoms with E-state index in [1.54, 1.807) is 6.92 Å². The molecule has 0 saturated carbocycles. The van der Waals surface area contributed by atoms with Crippen molar-refractivity contribution in [3.8, 4) is 0 Å². The lowest BCUT2D eigenvalue weighted by atomic mass is 9.70. The molecule has 0 aromatic rings. The van der Waals surface area contributed by atoms with Gasteiger partial charge in [0, 0.05) is 12.5 Å². The Kier molecular flexibility index (Phi) is 5.29. The van der Waals surface area contributed by atoms with Crippen LogP contribution in [0.4, 0.5) is 0 Å². The first kappa shape index (κ1) is 14.4. The second-order valence-corrected chi connectivity index (χ2v) is 4.33. The van der Waals surface area contributed by atoms with Gasteiger partial charge in [-0.2, -0.15) is 0 Å². The van der Waals surface area contributed by atoms with Crippen molar-refractivity contribution in [2.75, 3.05) is 0 Å². The smallest absolute Gasteiger partial charge is 0.217 e. The quantitative estimate of drug-likeness (QED) is 0.712. The highest BCUT2D eigenvalue weighted by atomic mass is 16.1. The van der Waals surface area contributed by atoms with E-state index in [-0.39, 0.29) is 17.0 Å². The Balaban J connectivity index is 5.13. The number of nitrogens with one attached hydrogen (secondary N) is 1. The summed E-state index contributed by atoms with van der Waals surface area (Å²) in [7, 11) is 0. The van der Waals surface area contributed by atoms with Gasteiger partial charge in [0.1, 0.15) is 0 Å². The maximum atomic E-state index is 11.3. The summed E-state index contributed by atoms with van der Waals surface area (Å²) in [6.45, 7) is 9.92. The van der Waals surface area contributed by atoms with Crippen molar-refractivity contribution >= 4 is 5.91 Å². The molecule has 0 unspecified atom stereocenters. The molecule has 0 aromatic carbocycles. The fourth-order valence-electron chi connectivity index (χ4n) is 2.52. The zero-order valence-electron chi connectivity index (χ0n) is 10.8. The van der Waals surface area contributed by atoms with E-state index in [2.05, 4.69) is 33.0 Å². The number of nitrogens with two attached hydrogens (primary N) is 1. The molecule has 0 aromatic heterocycles. The summed E-state index contributed by atoms with van der Waals surface area (Å²) in [5, 5.41) is 3.07. The van der Waals surface area contributed by atoms with Gasteiger partial charge in [-0.3, -0.25) is 4.79 Å². The van der Waals surface area contributed by atoms with E-state index in [9.17, 15) is 4.79 Å². The average Bonchev–Trinajstić information content (AvgIpc) is 2.24. The van der Waals surface area contributed by atoms with Gasteiger partial charge in [-0.15, -0.1) is 0 Å². The molecule has 0 rings (SSSR count). The number of hydrogen-bond acceptors (Lipinski definition) is 2. The van der Waals surface area contributed by atoms with Crippen molar-refractivity contribution in [3.63, 3.8) is 0 Å². The van der Waals surface area contributed by atoms with Crippen molar-refractivity contribution in [3.05, 3.63) is 0 Å². The number of carbonyl (C=O) groups is 1. The summed E-state index contributed by atoms with van der Waals surface area (Å²) in [5.41, 5.74) is 5.87. The van der Waals surface area contributed by atoms with Crippen LogP contribution in [0, 0.1) is 0 Å². The minimum absolute atomic E-state index is 0.00965. The largest absolute Gasteiger partial charge is 0.349 e. The molecule has 0 bridgehead atoms. The molecule has 0 fully saturated rings. The molecule has 0 saturated heterocycles. The third kappa shape index (κ3) is 2.71. The van der Waals surface area contributed by atoms with Gasteiger partial charge in [-0.05, 0) is 25.7 Å². The molecule has 0 radical (unpaired) electrons. The third-order valence-electron chi connectivity index (χ3n) is 3.84. The molecule has 0 aliphatic rings. The van der Waals surface area contributed by atoms with Crippen molar-refractivity contribution in [1.29, 1.82) is 0 Å². The maximum Gasteiger partial charge on any atom is 0.217 e. The number of amides is 1. The fourth-order valence-corrected chi connectivity index (χ4v) is 2.52. The topological polar surface area (TPSA) is 55.1 Å². The van der Waals surface area contributed by atoms with Gasteiger partial charge in [0.15, 0.2) is 0 Å². The van der Waals surface area contributed by atoms with E-state index in [1.807, 2.05) is 0 Å². The molecular weight excluding hydrogens is 188 g/mol. The highest BCUT2D eigenvalue weighted by molar-refractivity contribution is 5.74. The second-order valence-electron chi connectivity index (χ2n) is 4.33. The molecule has 0 aliphatic heterocycles. The summed E-state index contributed by atoms with van der Waals surface area (Å²) in [6.07, 6.45) is 3.51. The van der Waals surface area contributed by atoms with E-state index >= 15 is 0 Å². The molecule has 0 spiro atoms. The Hall–Kier alpha value is -0.570. The van der Waals surface area contributed by atoms with Gasteiger partial charge >= 0.3 is 0 Å². The van der Waals surface area contributed by atoms with E-state index in [4.69, 9.17) is 5.73 Å². The molecule has 3 heteroatoms. The maximum absolute atomic E-state index is 11.3. The molecule has 0 aliphatic carbocycles. The molecule has 1 amide bonds. The summed E-state index contributed by atoms with van der Waals surface area (Å²) in [4.78, 5) is 11.3. The molecule has 90 valence electrons. The lowest BCUT2D eigenvalue weighted by Gasteiger charge is -2.47. The predicted molar refractivity (Wildman–Crippen MR) is 64.6 cm³/mol. The van der Waals surface area contributed by atoms with Crippen LogP contribution in [0.1, 0.15) is 60.3 Å². The fraction of sp³-hybridized carbons (Fsp3) is 0.917. The van der Waals surface area contributed by atoms with Crippen LogP contribution in [0.25, 0.3) is 0 Å². The first-order chi connectivity index (χ1) is 6.91.